The zero-order chi connectivity index (χ0) is 21.4. The zero-order valence-electron chi connectivity index (χ0n) is 18.2. The van der Waals surface area contributed by atoms with Crippen LogP contribution in [0.1, 0.15) is 87.1 Å². The van der Waals surface area contributed by atoms with E-state index >= 15 is 0 Å². The third-order valence-corrected chi connectivity index (χ3v) is 5.12. The van der Waals surface area contributed by atoms with Crippen LogP contribution in [0, 0.1) is 0 Å². The molecule has 4 heteroatoms. The van der Waals surface area contributed by atoms with Gasteiger partial charge in [0.05, 0.1) is 17.9 Å². The van der Waals surface area contributed by atoms with Crippen molar-refractivity contribution in [3.63, 3.8) is 0 Å². The van der Waals surface area contributed by atoms with Crippen molar-refractivity contribution in [2.45, 2.75) is 71.1 Å². The van der Waals surface area contributed by atoms with Crippen molar-refractivity contribution in [1.29, 1.82) is 0 Å². The van der Waals surface area contributed by atoms with Crippen LogP contribution < -0.4 is 4.74 Å². The van der Waals surface area contributed by atoms with Crippen LogP contribution in [-0.2, 0) is 0 Å². The number of carboxylic acids is 1. The number of aromatic carboxylic acids is 1. The lowest BCUT2D eigenvalue weighted by molar-refractivity contribution is 0.0697. The van der Waals surface area contributed by atoms with Gasteiger partial charge in [0.1, 0.15) is 5.75 Å². The third kappa shape index (κ3) is 9.73. The van der Waals surface area contributed by atoms with Crippen LogP contribution in [0.5, 0.6) is 5.75 Å². The summed E-state index contributed by atoms with van der Waals surface area (Å²) >= 11 is 0. The number of carbonyl (C=O) groups is 1. The molecule has 0 spiro atoms. The minimum absolute atomic E-state index is 0.262. The second-order valence-corrected chi connectivity index (χ2v) is 7.71. The first-order chi connectivity index (χ1) is 14.7. The number of carboxylic acid groups (broad SMARTS) is 1. The normalized spacial score (nSPS) is 11.1. The Morgan fingerprint density at radius 2 is 1.40 bits per heavy atom. The topological polar surface area (TPSA) is 58.9 Å². The number of rotatable bonds is 15. The highest BCUT2D eigenvalue weighted by Gasteiger charge is 2.00. The predicted molar refractivity (Wildman–Crippen MR) is 124 cm³/mol. The summed E-state index contributed by atoms with van der Waals surface area (Å²) in [6, 6.07) is 14.4. The summed E-state index contributed by atoms with van der Waals surface area (Å²) in [7, 11) is 0. The Kier molecular flexibility index (Phi) is 11.3. The highest BCUT2D eigenvalue weighted by atomic mass is 16.5. The molecule has 0 bridgehead atoms. The van der Waals surface area contributed by atoms with Gasteiger partial charge in [0.25, 0.3) is 0 Å². The van der Waals surface area contributed by atoms with Gasteiger partial charge in [0, 0.05) is 6.21 Å². The van der Waals surface area contributed by atoms with E-state index in [1.165, 1.54) is 57.8 Å². The van der Waals surface area contributed by atoms with Crippen molar-refractivity contribution in [3.8, 4) is 5.75 Å². The van der Waals surface area contributed by atoms with E-state index in [9.17, 15) is 4.79 Å². The lowest BCUT2D eigenvalue weighted by atomic mass is 10.1. The molecule has 2 rings (SSSR count). The molecule has 0 amide bonds. The van der Waals surface area contributed by atoms with Crippen LogP contribution in [0.4, 0.5) is 5.69 Å². The van der Waals surface area contributed by atoms with Gasteiger partial charge in [-0.3, -0.25) is 4.99 Å². The Bertz CT molecular complexity index is 751. The van der Waals surface area contributed by atoms with Crippen LogP contribution in [-0.4, -0.2) is 23.9 Å². The Morgan fingerprint density at radius 1 is 0.833 bits per heavy atom. The van der Waals surface area contributed by atoms with Gasteiger partial charge in [-0.1, -0.05) is 64.7 Å². The van der Waals surface area contributed by atoms with E-state index in [-0.39, 0.29) is 5.56 Å². The minimum atomic E-state index is -0.932. The number of aliphatic imine (C=N–C) groups is 1. The fraction of sp³-hybridized carbons (Fsp3) is 0.462. The average Bonchev–Trinajstić information content (AvgIpc) is 2.77. The van der Waals surface area contributed by atoms with Gasteiger partial charge < -0.3 is 9.84 Å². The monoisotopic (exact) mass is 409 g/mol. The molecule has 0 aliphatic heterocycles. The molecule has 4 nitrogen and oxygen atoms in total. The molecule has 1 N–H and O–H groups in total. The van der Waals surface area contributed by atoms with Gasteiger partial charge >= 0.3 is 5.97 Å². The summed E-state index contributed by atoms with van der Waals surface area (Å²) in [6.07, 6.45) is 15.0. The molecule has 0 aliphatic carbocycles. The fourth-order valence-electron chi connectivity index (χ4n) is 3.27. The minimum Gasteiger partial charge on any atom is -0.494 e. The van der Waals surface area contributed by atoms with Gasteiger partial charge in [0.2, 0.25) is 0 Å². The molecule has 0 saturated heterocycles. The second kappa shape index (κ2) is 14.4. The highest BCUT2D eigenvalue weighted by Crippen LogP contribution is 2.16. The molecule has 0 atom stereocenters. The van der Waals surface area contributed by atoms with Gasteiger partial charge in [-0.25, -0.2) is 4.79 Å². The van der Waals surface area contributed by atoms with Crippen molar-refractivity contribution in [2.75, 3.05) is 6.61 Å². The molecular weight excluding hydrogens is 374 g/mol. The van der Waals surface area contributed by atoms with E-state index in [0.717, 1.165) is 30.0 Å². The van der Waals surface area contributed by atoms with E-state index in [2.05, 4.69) is 11.9 Å². The van der Waals surface area contributed by atoms with Crippen molar-refractivity contribution in [3.05, 3.63) is 59.7 Å². The summed E-state index contributed by atoms with van der Waals surface area (Å²) in [6.45, 7) is 3.03. The number of hydrogen-bond donors (Lipinski definition) is 1. The standard InChI is InChI=1S/C26H35NO3/c1-2-3-4-5-6-7-8-9-10-11-20-30-25-18-12-22(13-19-25)21-27-24-16-14-23(15-17-24)26(28)29/h12-19,21H,2-11,20H2,1H3,(H,28,29). The molecule has 0 radical (unpaired) electrons. The number of unbranched alkanes of at least 4 members (excludes halogenated alkanes) is 9. The largest absolute Gasteiger partial charge is 0.494 e. The lowest BCUT2D eigenvalue weighted by Crippen LogP contribution is -1.97. The maximum Gasteiger partial charge on any atom is 0.335 e. The molecule has 0 aromatic heterocycles. The van der Waals surface area contributed by atoms with E-state index in [4.69, 9.17) is 9.84 Å². The van der Waals surface area contributed by atoms with Crippen LogP contribution in [0.3, 0.4) is 0 Å². The summed E-state index contributed by atoms with van der Waals surface area (Å²) in [4.78, 5) is 15.2. The van der Waals surface area contributed by atoms with Crippen molar-refractivity contribution in [2.24, 2.45) is 4.99 Å². The van der Waals surface area contributed by atoms with Gasteiger partial charge in [0.15, 0.2) is 0 Å². The van der Waals surface area contributed by atoms with Crippen LogP contribution in [0.25, 0.3) is 0 Å². The van der Waals surface area contributed by atoms with E-state index in [1.807, 2.05) is 24.3 Å². The number of hydrogen-bond acceptors (Lipinski definition) is 3. The molecule has 0 aliphatic rings. The van der Waals surface area contributed by atoms with E-state index in [1.54, 1.807) is 30.5 Å². The first-order valence-corrected chi connectivity index (χ1v) is 11.3. The molecule has 0 fully saturated rings. The second-order valence-electron chi connectivity index (χ2n) is 7.71. The Hall–Kier alpha value is -2.62. The first kappa shape index (κ1) is 23.7. The average molecular weight is 410 g/mol. The molecule has 0 saturated carbocycles. The van der Waals surface area contributed by atoms with Gasteiger partial charge in [-0.05, 0) is 60.5 Å². The molecule has 162 valence electrons. The van der Waals surface area contributed by atoms with Crippen LogP contribution >= 0.6 is 0 Å². The number of benzene rings is 2. The molecular formula is C26H35NO3. The quantitative estimate of drug-likeness (QED) is 0.246. The fourth-order valence-corrected chi connectivity index (χ4v) is 3.27. The third-order valence-electron chi connectivity index (χ3n) is 5.12. The smallest absolute Gasteiger partial charge is 0.335 e. The van der Waals surface area contributed by atoms with Gasteiger partial charge in [-0.2, -0.15) is 0 Å². The van der Waals surface area contributed by atoms with Crippen LogP contribution in [0.2, 0.25) is 0 Å². The summed E-state index contributed by atoms with van der Waals surface area (Å²) in [5.41, 5.74) is 1.96. The maximum atomic E-state index is 10.9. The van der Waals surface area contributed by atoms with Gasteiger partial charge in [-0.15, -0.1) is 0 Å². The molecule has 0 heterocycles. The molecule has 0 unspecified atom stereocenters. The number of ether oxygens (including phenoxy) is 1. The SMILES string of the molecule is CCCCCCCCCCCCOc1ccc(C=Nc2ccc(C(=O)O)cc2)cc1. The molecule has 2 aromatic rings. The van der Waals surface area contributed by atoms with E-state index in [0.29, 0.717) is 0 Å². The Morgan fingerprint density at radius 3 is 1.97 bits per heavy atom. The zero-order valence-corrected chi connectivity index (χ0v) is 18.2. The van der Waals surface area contributed by atoms with E-state index < -0.39 is 5.97 Å². The van der Waals surface area contributed by atoms with Crippen LogP contribution in [0.15, 0.2) is 53.5 Å². The predicted octanol–water partition coefficient (Wildman–Crippen LogP) is 7.44. The summed E-state index contributed by atoms with van der Waals surface area (Å²) in [5.74, 6) is -0.0483. The van der Waals surface area contributed by atoms with Crippen molar-refractivity contribution in [1.82, 2.24) is 0 Å². The summed E-state index contributed by atoms with van der Waals surface area (Å²) < 4.78 is 5.83. The maximum absolute atomic E-state index is 10.9. The molecule has 2 aromatic carbocycles. The highest BCUT2D eigenvalue weighted by molar-refractivity contribution is 5.88. The molecule has 30 heavy (non-hydrogen) atoms. The Labute approximate surface area is 181 Å². The number of nitrogens with zero attached hydrogens (tertiary/aromatic N) is 1. The summed E-state index contributed by atoms with van der Waals surface area (Å²) in [5, 5.41) is 8.92. The van der Waals surface area contributed by atoms with Crippen molar-refractivity contribution < 1.29 is 14.6 Å². The Balaban J connectivity index is 1.59. The van der Waals surface area contributed by atoms with Crippen molar-refractivity contribution >= 4 is 17.9 Å². The first-order valence-electron chi connectivity index (χ1n) is 11.3. The lowest BCUT2D eigenvalue weighted by Gasteiger charge is -2.06.